The Kier molecular flexibility index (Phi) is 5.19. The van der Waals surface area contributed by atoms with E-state index in [1.807, 2.05) is 47.4 Å². The minimum atomic E-state index is 0.0262. The Bertz CT molecular complexity index is 820. The van der Waals surface area contributed by atoms with Crippen molar-refractivity contribution in [2.45, 2.75) is 32.2 Å². The van der Waals surface area contributed by atoms with Crippen molar-refractivity contribution in [1.82, 2.24) is 4.90 Å². The zero-order chi connectivity index (χ0) is 18.6. The maximum Gasteiger partial charge on any atom is 0.261 e. The van der Waals surface area contributed by atoms with Crippen LogP contribution >= 0.6 is 0 Å². The average molecular weight is 367 g/mol. The van der Waals surface area contributed by atoms with Crippen LogP contribution in [0.25, 0.3) is 0 Å². The van der Waals surface area contributed by atoms with E-state index in [0.29, 0.717) is 13.2 Å². The first kappa shape index (κ1) is 17.7. The second-order valence-electron chi connectivity index (χ2n) is 6.90. The fraction of sp³-hybridized carbons (Fsp3) is 0.409. The Morgan fingerprint density at radius 1 is 1.15 bits per heavy atom. The summed E-state index contributed by atoms with van der Waals surface area (Å²) in [7, 11) is 0. The third kappa shape index (κ3) is 3.72. The highest BCUT2D eigenvalue weighted by atomic mass is 16.6. The topological polar surface area (TPSA) is 48.0 Å². The molecule has 27 heavy (non-hydrogen) atoms. The molecule has 2 heterocycles. The van der Waals surface area contributed by atoms with Crippen molar-refractivity contribution >= 4 is 5.91 Å². The highest BCUT2D eigenvalue weighted by Crippen LogP contribution is 2.38. The summed E-state index contributed by atoms with van der Waals surface area (Å²) in [6.07, 6.45) is 2.83. The monoisotopic (exact) mass is 367 g/mol. The van der Waals surface area contributed by atoms with Crippen LogP contribution in [0, 0.1) is 0 Å². The summed E-state index contributed by atoms with van der Waals surface area (Å²) in [6.45, 7) is 4.06. The SMILES string of the molecule is CCc1ccccc1OCC(=O)N1CCC[C@H]1c1ccc2c(c1)OCCO2. The van der Waals surface area contributed by atoms with Crippen molar-refractivity contribution in [2.24, 2.45) is 0 Å². The van der Waals surface area contributed by atoms with E-state index < -0.39 is 0 Å². The number of nitrogens with zero attached hydrogens (tertiary/aromatic N) is 1. The van der Waals surface area contributed by atoms with Gasteiger partial charge in [0.05, 0.1) is 6.04 Å². The molecule has 2 aromatic carbocycles. The van der Waals surface area contributed by atoms with Crippen LogP contribution in [-0.2, 0) is 11.2 Å². The van der Waals surface area contributed by atoms with Gasteiger partial charge in [-0.1, -0.05) is 31.2 Å². The van der Waals surface area contributed by atoms with Crippen LogP contribution in [0.5, 0.6) is 17.2 Å². The second kappa shape index (κ2) is 7.91. The van der Waals surface area contributed by atoms with Gasteiger partial charge in [0.15, 0.2) is 18.1 Å². The van der Waals surface area contributed by atoms with Crippen LogP contribution in [0.3, 0.4) is 0 Å². The summed E-state index contributed by atoms with van der Waals surface area (Å²) in [5, 5.41) is 0. The number of hydrogen-bond donors (Lipinski definition) is 0. The molecule has 2 aliphatic heterocycles. The Hall–Kier alpha value is -2.69. The molecule has 1 atom stereocenters. The van der Waals surface area contributed by atoms with E-state index in [4.69, 9.17) is 14.2 Å². The van der Waals surface area contributed by atoms with E-state index in [2.05, 4.69) is 6.92 Å². The lowest BCUT2D eigenvalue weighted by Crippen LogP contribution is -2.34. The van der Waals surface area contributed by atoms with Crippen molar-refractivity contribution in [3.8, 4) is 17.2 Å². The summed E-state index contributed by atoms with van der Waals surface area (Å²) in [5.74, 6) is 2.37. The molecule has 0 aliphatic carbocycles. The summed E-state index contributed by atoms with van der Waals surface area (Å²) < 4.78 is 17.1. The van der Waals surface area contributed by atoms with E-state index in [9.17, 15) is 4.79 Å². The number of hydrogen-bond acceptors (Lipinski definition) is 4. The van der Waals surface area contributed by atoms with Gasteiger partial charge in [0.1, 0.15) is 19.0 Å². The van der Waals surface area contributed by atoms with Crippen LogP contribution < -0.4 is 14.2 Å². The number of benzene rings is 2. The number of carbonyl (C=O) groups is 1. The minimum absolute atomic E-state index is 0.0262. The standard InChI is InChI=1S/C22H25NO4/c1-2-16-6-3-4-8-19(16)27-15-22(24)23-11-5-7-18(23)17-9-10-20-21(14-17)26-13-12-25-20/h3-4,6,8-10,14,18H,2,5,7,11-13,15H2,1H3/t18-/m0/s1. The fourth-order valence-electron chi connectivity index (χ4n) is 3.84. The zero-order valence-corrected chi connectivity index (χ0v) is 15.6. The number of likely N-dealkylation sites (tertiary alicyclic amines) is 1. The van der Waals surface area contributed by atoms with Gasteiger partial charge in [-0.3, -0.25) is 4.79 Å². The Balaban J connectivity index is 1.45. The molecular weight excluding hydrogens is 342 g/mol. The molecular formula is C22H25NO4. The van der Waals surface area contributed by atoms with Crippen LogP contribution in [0.15, 0.2) is 42.5 Å². The lowest BCUT2D eigenvalue weighted by molar-refractivity contribution is -0.134. The predicted octanol–water partition coefficient (Wildman–Crippen LogP) is 3.76. The first-order valence-electron chi connectivity index (χ1n) is 9.66. The fourth-order valence-corrected chi connectivity index (χ4v) is 3.84. The summed E-state index contributed by atoms with van der Waals surface area (Å²) in [6, 6.07) is 14.0. The number of carbonyl (C=O) groups excluding carboxylic acids is 1. The molecule has 0 bridgehead atoms. The molecule has 1 fully saturated rings. The lowest BCUT2D eigenvalue weighted by atomic mass is 10.0. The largest absolute Gasteiger partial charge is 0.486 e. The van der Waals surface area contributed by atoms with Crippen molar-refractivity contribution in [1.29, 1.82) is 0 Å². The quantitative estimate of drug-likeness (QED) is 0.807. The molecule has 4 rings (SSSR count). The Morgan fingerprint density at radius 2 is 1.96 bits per heavy atom. The molecule has 5 nitrogen and oxygen atoms in total. The Morgan fingerprint density at radius 3 is 2.81 bits per heavy atom. The molecule has 142 valence electrons. The molecule has 1 saturated heterocycles. The van der Waals surface area contributed by atoms with Crippen molar-refractivity contribution in [3.63, 3.8) is 0 Å². The first-order valence-corrected chi connectivity index (χ1v) is 9.66. The number of rotatable bonds is 5. The van der Waals surface area contributed by atoms with Gasteiger partial charge in [0.25, 0.3) is 5.91 Å². The molecule has 1 amide bonds. The smallest absolute Gasteiger partial charge is 0.261 e. The van der Waals surface area contributed by atoms with Crippen molar-refractivity contribution in [3.05, 3.63) is 53.6 Å². The minimum Gasteiger partial charge on any atom is -0.486 e. The maximum atomic E-state index is 12.8. The van der Waals surface area contributed by atoms with E-state index in [1.54, 1.807) is 0 Å². The van der Waals surface area contributed by atoms with Gasteiger partial charge >= 0.3 is 0 Å². The van der Waals surface area contributed by atoms with Gasteiger partial charge in [0, 0.05) is 6.54 Å². The average Bonchev–Trinajstić information content (AvgIpc) is 3.22. The third-order valence-electron chi connectivity index (χ3n) is 5.23. The number of ether oxygens (including phenoxy) is 3. The van der Waals surface area contributed by atoms with E-state index >= 15 is 0 Å². The van der Waals surface area contributed by atoms with Gasteiger partial charge in [-0.25, -0.2) is 0 Å². The number of para-hydroxylation sites is 1. The summed E-state index contributed by atoms with van der Waals surface area (Å²) in [5.41, 5.74) is 2.22. The van der Waals surface area contributed by atoms with Gasteiger partial charge < -0.3 is 19.1 Å². The highest BCUT2D eigenvalue weighted by molar-refractivity contribution is 5.78. The summed E-state index contributed by atoms with van der Waals surface area (Å²) in [4.78, 5) is 14.8. The molecule has 0 N–H and O–H groups in total. The molecule has 0 aromatic heterocycles. The second-order valence-corrected chi connectivity index (χ2v) is 6.90. The highest BCUT2D eigenvalue weighted by Gasteiger charge is 2.31. The van der Waals surface area contributed by atoms with E-state index in [-0.39, 0.29) is 18.6 Å². The third-order valence-corrected chi connectivity index (χ3v) is 5.23. The first-order chi connectivity index (χ1) is 13.3. The van der Waals surface area contributed by atoms with Crippen molar-refractivity contribution in [2.75, 3.05) is 26.4 Å². The van der Waals surface area contributed by atoms with Gasteiger partial charge in [0.2, 0.25) is 0 Å². The molecule has 5 heteroatoms. The molecule has 2 aromatic rings. The molecule has 0 unspecified atom stereocenters. The van der Waals surface area contributed by atoms with E-state index in [0.717, 1.165) is 54.2 Å². The lowest BCUT2D eigenvalue weighted by Gasteiger charge is -2.27. The number of fused-ring (bicyclic) bond motifs is 1. The Labute approximate surface area is 159 Å². The number of aryl methyl sites for hydroxylation is 1. The van der Waals surface area contributed by atoms with Gasteiger partial charge in [-0.05, 0) is 48.6 Å². The normalized spacial score (nSPS) is 18.4. The summed E-state index contributed by atoms with van der Waals surface area (Å²) >= 11 is 0. The van der Waals surface area contributed by atoms with Crippen LogP contribution in [0.1, 0.15) is 36.9 Å². The van der Waals surface area contributed by atoms with Gasteiger partial charge in [-0.15, -0.1) is 0 Å². The number of amides is 1. The molecule has 0 radical (unpaired) electrons. The van der Waals surface area contributed by atoms with Crippen molar-refractivity contribution < 1.29 is 19.0 Å². The zero-order valence-electron chi connectivity index (χ0n) is 15.6. The maximum absolute atomic E-state index is 12.8. The van der Waals surface area contributed by atoms with Crippen LogP contribution in [0.2, 0.25) is 0 Å². The molecule has 0 spiro atoms. The predicted molar refractivity (Wildman–Crippen MR) is 102 cm³/mol. The van der Waals surface area contributed by atoms with E-state index in [1.165, 1.54) is 0 Å². The van der Waals surface area contributed by atoms with Gasteiger partial charge in [-0.2, -0.15) is 0 Å². The van der Waals surface area contributed by atoms with Crippen LogP contribution in [-0.4, -0.2) is 37.2 Å². The van der Waals surface area contributed by atoms with Crippen LogP contribution in [0.4, 0.5) is 0 Å². The molecule has 2 aliphatic rings. The molecule has 0 saturated carbocycles.